The van der Waals surface area contributed by atoms with Gasteiger partial charge in [-0.15, -0.1) is 0 Å². The van der Waals surface area contributed by atoms with Gasteiger partial charge in [0.2, 0.25) is 0 Å². The predicted molar refractivity (Wildman–Crippen MR) is 243 cm³/mol. The maximum atomic E-state index is 16.1. The van der Waals surface area contributed by atoms with E-state index in [1.807, 2.05) is 97.1 Å². The lowest BCUT2D eigenvalue weighted by Crippen LogP contribution is -2.26. The van der Waals surface area contributed by atoms with Gasteiger partial charge < -0.3 is 9.46 Å². The third-order valence-electron chi connectivity index (χ3n) is 10.3. The molecule has 272 valence electrons. The van der Waals surface area contributed by atoms with Gasteiger partial charge in [-0.25, -0.2) is 9.97 Å². The first-order chi connectivity index (χ1) is 28.0. The number of fused-ring (bicyclic) bond motifs is 7. The average Bonchev–Trinajstić information content (AvgIpc) is 3.27. The Labute approximate surface area is 345 Å². The zero-order valence-corrected chi connectivity index (χ0v) is 34.2. The van der Waals surface area contributed by atoms with Crippen molar-refractivity contribution in [2.24, 2.45) is 0 Å². The van der Waals surface area contributed by atoms with Crippen LogP contribution in [0.2, 0.25) is 0 Å². The number of nitrogens with zero attached hydrogens (tertiary/aromatic N) is 5. The van der Waals surface area contributed by atoms with Crippen LogP contribution >= 0.6 is 39.0 Å². The van der Waals surface area contributed by atoms with Crippen molar-refractivity contribution < 1.29 is 4.57 Å². The van der Waals surface area contributed by atoms with E-state index in [0.29, 0.717) is 32.9 Å². The highest BCUT2D eigenvalue weighted by Crippen LogP contribution is 2.46. The van der Waals surface area contributed by atoms with Gasteiger partial charge in [0.15, 0.2) is 7.14 Å². The molecule has 0 bridgehead atoms. The molecule has 0 atom stereocenters. The summed E-state index contributed by atoms with van der Waals surface area (Å²) in [5, 5.41) is 3.68. The minimum atomic E-state index is -3.48. The van der Waals surface area contributed by atoms with E-state index in [-0.39, 0.29) is 0 Å². The second-order valence-corrected chi connectivity index (χ2v) is 18.2. The fourth-order valence-electron chi connectivity index (χ4n) is 7.70. The Morgan fingerprint density at radius 2 is 0.877 bits per heavy atom. The monoisotopic (exact) mass is 881 g/mol. The largest absolute Gasteiger partial charge is 0.311 e. The minimum Gasteiger partial charge on any atom is -0.311 e. The van der Waals surface area contributed by atoms with E-state index in [1.54, 1.807) is 12.4 Å². The van der Waals surface area contributed by atoms with Crippen molar-refractivity contribution in [2.45, 2.75) is 0 Å². The standard InChI is InChI=1S/C48H30Br2N5OP/c49-32-27-40-43(51-29-32)44-41(28-33(50)30-52-44)47-46(40)53-45-39(31-21-23-36(24-22-31)55(34-13-5-1-6-14-34)35-15-7-2-8-16-35)25-26-42(48(45)54-47)57(56,37-17-9-3-10-18-37)38-19-11-4-12-20-38/h1-30H. The van der Waals surface area contributed by atoms with Crippen molar-refractivity contribution in [1.29, 1.82) is 0 Å². The normalized spacial score (nSPS) is 11.8. The van der Waals surface area contributed by atoms with Crippen LogP contribution in [0.4, 0.5) is 17.1 Å². The van der Waals surface area contributed by atoms with E-state index in [4.69, 9.17) is 19.9 Å². The molecule has 6 nitrogen and oxygen atoms in total. The maximum Gasteiger partial charge on any atom is 0.173 e. The summed E-state index contributed by atoms with van der Waals surface area (Å²) >= 11 is 7.31. The van der Waals surface area contributed by atoms with Gasteiger partial charge in [0.1, 0.15) is 5.52 Å². The van der Waals surface area contributed by atoms with Crippen molar-refractivity contribution in [3.8, 4) is 11.1 Å². The van der Waals surface area contributed by atoms with Crippen LogP contribution in [-0.4, -0.2) is 19.9 Å². The van der Waals surface area contributed by atoms with Crippen LogP contribution in [0.15, 0.2) is 191 Å². The molecule has 57 heavy (non-hydrogen) atoms. The number of halogens is 2. The lowest BCUT2D eigenvalue weighted by molar-refractivity contribution is 0.592. The van der Waals surface area contributed by atoms with Gasteiger partial charge in [-0.05, 0) is 92.0 Å². The Morgan fingerprint density at radius 3 is 1.37 bits per heavy atom. The van der Waals surface area contributed by atoms with Crippen molar-refractivity contribution in [3.05, 3.63) is 191 Å². The smallest absolute Gasteiger partial charge is 0.173 e. The fraction of sp³-hybridized carbons (Fsp3) is 0. The highest BCUT2D eigenvalue weighted by atomic mass is 79.9. The van der Waals surface area contributed by atoms with Crippen molar-refractivity contribution in [1.82, 2.24) is 19.9 Å². The SMILES string of the molecule is O=P(c1ccccc1)(c1ccccc1)c1ccc(-c2ccc(N(c3ccccc3)c3ccccc3)cc2)c2nc3c4cc(Br)cnc4c4ncc(Br)cc4c3nc12. The topological polar surface area (TPSA) is 71.9 Å². The molecule has 0 N–H and O–H groups in total. The second-order valence-electron chi connectivity index (χ2n) is 13.7. The zero-order valence-electron chi connectivity index (χ0n) is 30.2. The van der Waals surface area contributed by atoms with Crippen molar-refractivity contribution in [2.75, 3.05) is 4.90 Å². The molecule has 0 saturated heterocycles. The molecule has 0 saturated carbocycles. The van der Waals surface area contributed by atoms with Crippen LogP contribution in [0.5, 0.6) is 0 Å². The molecule has 10 aromatic rings. The van der Waals surface area contributed by atoms with E-state index in [1.165, 1.54) is 0 Å². The number of hydrogen-bond donors (Lipinski definition) is 0. The molecule has 0 spiro atoms. The molecule has 9 heteroatoms. The number of pyridine rings is 2. The number of hydrogen-bond acceptors (Lipinski definition) is 6. The first-order valence-corrected chi connectivity index (χ1v) is 21.7. The molecule has 10 rings (SSSR count). The van der Waals surface area contributed by atoms with E-state index in [9.17, 15) is 0 Å². The third kappa shape index (κ3) is 6.12. The Balaban J connectivity index is 1.28. The van der Waals surface area contributed by atoms with Crippen LogP contribution in [-0.2, 0) is 4.57 Å². The average molecular weight is 884 g/mol. The fourth-order valence-corrected chi connectivity index (χ4v) is 11.1. The second kappa shape index (κ2) is 14.5. The summed E-state index contributed by atoms with van der Waals surface area (Å²) in [4.78, 5) is 22.9. The van der Waals surface area contributed by atoms with Gasteiger partial charge in [0, 0.05) is 70.7 Å². The maximum absolute atomic E-state index is 16.1. The van der Waals surface area contributed by atoms with Crippen molar-refractivity contribution in [3.63, 3.8) is 0 Å². The van der Waals surface area contributed by atoms with E-state index < -0.39 is 7.14 Å². The Kier molecular flexibility index (Phi) is 8.98. The van der Waals surface area contributed by atoms with E-state index in [2.05, 4.69) is 110 Å². The quantitative estimate of drug-likeness (QED) is 0.0902. The number of rotatable bonds is 7. The third-order valence-corrected chi connectivity index (χ3v) is 14.2. The first-order valence-electron chi connectivity index (χ1n) is 18.4. The van der Waals surface area contributed by atoms with Gasteiger partial charge in [-0.3, -0.25) is 9.97 Å². The summed E-state index contributed by atoms with van der Waals surface area (Å²) in [7, 11) is -3.48. The summed E-state index contributed by atoms with van der Waals surface area (Å²) < 4.78 is 17.7. The first kappa shape index (κ1) is 35.4. The molecule has 0 aliphatic heterocycles. The van der Waals surface area contributed by atoms with Crippen LogP contribution in [0.3, 0.4) is 0 Å². The Morgan fingerprint density at radius 1 is 0.439 bits per heavy atom. The summed E-state index contributed by atoms with van der Waals surface area (Å²) in [5.41, 5.74) is 8.94. The lowest BCUT2D eigenvalue weighted by atomic mass is 10.0. The lowest BCUT2D eigenvalue weighted by Gasteiger charge is -2.25. The molecule has 0 aliphatic rings. The molecule has 0 aliphatic carbocycles. The van der Waals surface area contributed by atoms with Crippen LogP contribution < -0.4 is 20.8 Å². The summed E-state index contributed by atoms with van der Waals surface area (Å²) in [6, 6.07) is 56.7. The molecule has 0 radical (unpaired) electrons. The summed E-state index contributed by atoms with van der Waals surface area (Å²) in [6.45, 7) is 0. The molecule has 3 aromatic heterocycles. The van der Waals surface area contributed by atoms with Gasteiger partial charge in [0.25, 0.3) is 0 Å². The highest BCUT2D eigenvalue weighted by Gasteiger charge is 2.33. The van der Waals surface area contributed by atoms with Crippen LogP contribution in [0.25, 0.3) is 55.0 Å². The molecule has 0 fully saturated rings. The molecule has 0 unspecified atom stereocenters. The van der Waals surface area contributed by atoms with Crippen molar-refractivity contribution >= 4 is 116 Å². The molecule has 3 heterocycles. The van der Waals surface area contributed by atoms with Gasteiger partial charge in [-0.1, -0.05) is 115 Å². The Hall–Kier alpha value is -6.05. The molecular weight excluding hydrogens is 853 g/mol. The van der Waals surface area contributed by atoms with Crippen LogP contribution in [0, 0.1) is 0 Å². The number of benzene rings is 7. The van der Waals surface area contributed by atoms with Gasteiger partial charge in [-0.2, -0.15) is 0 Å². The van der Waals surface area contributed by atoms with Crippen LogP contribution in [0.1, 0.15) is 0 Å². The summed E-state index contributed by atoms with van der Waals surface area (Å²) in [5.74, 6) is 0. The number of anilines is 3. The molecule has 0 amide bonds. The minimum absolute atomic E-state index is 0.568. The summed E-state index contributed by atoms with van der Waals surface area (Å²) in [6.07, 6.45) is 3.55. The number of aromatic nitrogens is 4. The van der Waals surface area contributed by atoms with Gasteiger partial charge >= 0.3 is 0 Å². The highest BCUT2D eigenvalue weighted by molar-refractivity contribution is 9.10. The van der Waals surface area contributed by atoms with E-state index >= 15 is 4.57 Å². The molecule has 7 aromatic carbocycles. The predicted octanol–water partition coefficient (Wildman–Crippen LogP) is 12.2. The number of para-hydroxylation sites is 2. The zero-order chi connectivity index (χ0) is 38.5. The Bertz CT molecular complexity index is 3090. The van der Waals surface area contributed by atoms with Gasteiger partial charge in [0.05, 0.1) is 27.6 Å². The molecular formula is C48H30Br2N5OP. The van der Waals surface area contributed by atoms with E-state index in [0.717, 1.165) is 64.0 Å².